The number of nitrogens with zero attached hydrogens (tertiary/aromatic N) is 4. The maximum atomic E-state index is 10.9. The fourth-order valence-corrected chi connectivity index (χ4v) is 3.18. The van der Waals surface area contributed by atoms with E-state index < -0.39 is 5.60 Å². The number of benzene rings is 1. The molecule has 0 fully saturated rings. The van der Waals surface area contributed by atoms with Gasteiger partial charge in [0.25, 0.3) is 0 Å². The second-order valence-corrected chi connectivity index (χ2v) is 7.10. The molecule has 0 saturated heterocycles. The van der Waals surface area contributed by atoms with Crippen molar-refractivity contribution in [3.63, 3.8) is 0 Å². The highest BCUT2D eigenvalue weighted by atomic mass is 127. The van der Waals surface area contributed by atoms with Crippen LogP contribution in [0.3, 0.4) is 0 Å². The first-order chi connectivity index (χ1) is 13.9. The minimum absolute atomic E-state index is 0. The molecule has 0 aliphatic heterocycles. The lowest BCUT2D eigenvalue weighted by Gasteiger charge is -2.24. The number of hydrogen-bond donors (Lipinski definition) is 3. The number of para-hydroxylation sites is 1. The summed E-state index contributed by atoms with van der Waals surface area (Å²) in [5, 5.41) is 25.5. The minimum Gasteiger partial charge on any atom is -0.466 e. The van der Waals surface area contributed by atoms with Gasteiger partial charge < -0.3 is 20.2 Å². The zero-order valence-electron chi connectivity index (χ0n) is 17.7. The van der Waals surface area contributed by atoms with Gasteiger partial charge in [0.2, 0.25) is 0 Å². The first kappa shape index (κ1) is 23.9. The van der Waals surface area contributed by atoms with Gasteiger partial charge in [-0.2, -0.15) is 0 Å². The molecular weight excluding hydrogens is 495 g/mol. The van der Waals surface area contributed by atoms with Crippen LogP contribution in [0, 0.1) is 13.8 Å². The zero-order chi connectivity index (χ0) is 20.9. The summed E-state index contributed by atoms with van der Waals surface area (Å²) in [5.41, 5.74) is 0.652. The topological polar surface area (TPSA) is 100 Å². The van der Waals surface area contributed by atoms with E-state index in [4.69, 9.17) is 4.42 Å². The highest BCUT2D eigenvalue weighted by Gasteiger charge is 2.27. The van der Waals surface area contributed by atoms with Crippen molar-refractivity contribution >= 4 is 29.9 Å². The van der Waals surface area contributed by atoms with Gasteiger partial charge in [-0.15, -0.1) is 34.2 Å². The number of furan rings is 1. The summed E-state index contributed by atoms with van der Waals surface area (Å²) in [5.74, 6) is 2.81. The third-order valence-corrected chi connectivity index (χ3v) is 4.60. The zero-order valence-corrected chi connectivity index (χ0v) is 20.0. The standard InChI is InChI=1S/C21H28N6O2.HI/c1-5-22-20(24-13-21(4,28)18-11-15(2)29-16(18)3)23-12-19-26-25-14-27(19)17-9-7-6-8-10-17;/h6-11,14,28H,5,12-13H2,1-4H3,(H2,22,23,24);1H. The molecule has 3 N–H and O–H groups in total. The summed E-state index contributed by atoms with van der Waals surface area (Å²) in [4.78, 5) is 4.60. The Kier molecular flexibility index (Phi) is 8.42. The predicted octanol–water partition coefficient (Wildman–Crippen LogP) is 3.06. The van der Waals surface area contributed by atoms with Crippen LogP contribution in [0.5, 0.6) is 0 Å². The third kappa shape index (κ3) is 5.82. The number of guanidine groups is 1. The first-order valence-electron chi connectivity index (χ1n) is 9.67. The fourth-order valence-electron chi connectivity index (χ4n) is 3.18. The Morgan fingerprint density at radius 1 is 1.23 bits per heavy atom. The monoisotopic (exact) mass is 524 g/mol. The molecule has 0 aliphatic carbocycles. The van der Waals surface area contributed by atoms with E-state index in [0.29, 0.717) is 24.8 Å². The Balaban J connectivity index is 0.00000320. The molecule has 3 rings (SSSR count). The summed E-state index contributed by atoms with van der Waals surface area (Å²) in [6, 6.07) is 11.8. The Hall–Kier alpha value is -2.40. The molecule has 2 aromatic heterocycles. The quantitative estimate of drug-likeness (QED) is 0.250. The van der Waals surface area contributed by atoms with E-state index in [1.807, 2.05) is 61.7 Å². The van der Waals surface area contributed by atoms with Gasteiger partial charge in [-0.1, -0.05) is 18.2 Å². The van der Waals surface area contributed by atoms with Crippen molar-refractivity contribution in [2.45, 2.75) is 39.8 Å². The van der Waals surface area contributed by atoms with Crippen molar-refractivity contribution in [3.05, 3.63) is 65.6 Å². The number of aliphatic hydroxyl groups is 1. The Bertz CT molecular complexity index is 965. The second-order valence-electron chi connectivity index (χ2n) is 7.10. The molecule has 1 aromatic carbocycles. The van der Waals surface area contributed by atoms with E-state index in [9.17, 15) is 5.11 Å². The molecule has 0 saturated carbocycles. The lowest BCUT2D eigenvalue weighted by molar-refractivity contribution is 0.0601. The number of halogens is 1. The Morgan fingerprint density at radius 2 is 1.97 bits per heavy atom. The van der Waals surface area contributed by atoms with Gasteiger partial charge in [-0.3, -0.25) is 4.57 Å². The van der Waals surface area contributed by atoms with Crippen molar-refractivity contribution in [3.8, 4) is 5.69 Å². The van der Waals surface area contributed by atoms with E-state index in [0.717, 1.165) is 22.8 Å². The smallest absolute Gasteiger partial charge is 0.191 e. The van der Waals surface area contributed by atoms with Gasteiger partial charge in [0.1, 0.15) is 30.0 Å². The van der Waals surface area contributed by atoms with Crippen LogP contribution in [0.2, 0.25) is 0 Å². The van der Waals surface area contributed by atoms with E-state index in [-0.39, 0.29) is 30.5 Å². The molecular formula is C21H29IN6O2. The molecule has 0 bridgehead atoms. The van der Waals surface area contributed by atoms with Gasteiger partial charge in [0.15, 0.2) is 11.8 Å². The number of rotatable bonds is 7. The number of aryl methyl sites for hydroxylation is 2. The number of nitrogens with one attached hydrogen (secondary N) is 2. The highest BCUT2D eigenvalue weighted by Crippen LogP contribution is 2.26. The average Bonchev–Trinajstić information content (AvgIpc) is 3.31. The summed E-state index contributed by atoms with van der Waals surface area (Å²) in [6.07, 6.45) is 1.68. The van der Waals surface area contributed by atoms with Gasteiger partial charge in [-0.25, -0.2) is 4.99 Å². The molecule has 3 aromatic rings. The molecule has 1 atom stereocenters. The normalized spacial score (nSPS) is 13.4. The molecule has 0 spiro atoms. The van der Waals surface area contributed by atoms with Crippen molar-refractivity contribution in [2.75, 3.05) is 13.1 Å². The Morgan fingerprint density at radius 3 is 2.60 bits per heavy atom. The largest absolute Gasteiger partial charge is 0.466 e. The van der Waals surface area contributed by atoms with Gasteiger partial charge >= 0.3 is 0 Å². The number of aliphatic imine (C=N–C) groups is 1. The van der Waals surface area contributed by atoms with Crippen molar-refractivity contribution in [2.24, 2.45) is 4.99 Å². The Labute approximate surface area is 193 Å². The molecule has 1 unspecified atom stereocenters. The molecule has 162 valence electrons. The van der Waals surface area contributed by atoms with E-state index in [1.165, 1.54) is 0 Å². The summed E-state index contributed by atoms with van der Waals surface area (Å²) >= 11 is 0. The van der Waals surface area contributed by atoms with Crippen LogP contribution in [0.25, 0.3) is 5.69 Å². The fraction of sp³-hybridized carbons (Fsp3) is 0.381. The van der Waals surface area contributed by atoms with Crippen molar-refractivity contribution < 1.29 is 9.52 Å². The van der Waals surface area contributed by atoms with Gasteiger partial charge in [0, 0.05) is 17.8 Å². The summed E-state index contributed by atoms with van der Waals surface area (Å²) < 4.78 is 7.46. The average molecular weight is 524 g/mol. The first-order valence-corrected chi connectivity index (χ1v) is 9.67. The number of aromatic nitrogens is 3. The van der Waals surface area contributed by atoms with Crippen LogP contribution in [0.1, 0.15) is 36.8 Å². The van der Waals surface area contributed by atoms with Crippen LogP contribution in [-0.4, -0.2) is 38.9 Å². The molecule has 0 radical (unpaired) electrons. The SMILES string of the molecule is CCNC(=NCc1nncn1-c1ccccc1)NCC(C)(O)c1cc(C)oc1C.I. The van der Waals surface area contributed by atoms with Crippen LogP contribution >= 0.6 is 24.0 Å². The lowest BCUT2D eigenvalue weighted by atomic mass is 9.96. The van der Waals surface area contributed by atoms with Crippen LogP contribution in [0.4, 0.5) is 0 Å². The predicted molar refractivity (Wildman–Crippen MR) is 127 cm³/mol. The summed E-state index contributed by atoms with van der Waals surface area (Å²) in [6.45, 7) is 8.79. The van der Waals surface area contributed by atoms with Crippen LogP contribution in [0.15, 0.2) is 52.1 Å². The minimum atomic E-state index is -1.10. The van der Waals surface area contributed by atoms with Gasteiger partial charge in [-0.05, 0) is 45.9 Å². The molecule has 9 heteroatoms. The third-order valence-electron chi connectivity index (χ3n) is 4.60. The lowest BCUT2D eigenvalue weighted by Crippen LogP contribution is -2.44. The van der Waals surface area contributed by atoms with Crippen LogP contribution in [-0.2, 0) is 12.1 Å². The second kappa shape index (κ2) is 10.6. The maximum absolute atomic E-state index is 10.9. The van der Waals surface area contributed by atoms with E-state index in [1.54, 1.807) is 13.3 Å². The molecule has 0 amide bonds. The van der Waals surface area contributed by atoms with Gasteiger partial charge in [0.05, 0.1) is 6.54 Å². The van der Waals surface area contributed by atoms with Crippen molar-refractivity contribution in [1.82, 2.24) is 25.4 Å². The molecule has 2 heterocycles. The molecule has 30 heavy (non-hydrogen) atoms. The summed E-state index contributed by atoms with van der Waals surface area (Å²) in [7, 11) is 0. The molecule has 0 aliphatic rings. The van der Waals surface area contributed by atoms with E-state index >= 15 is 0 Å². The van der Waals surface area contributed by atoms with E-state index in [2.05, 4.69) is 25.8 Å². The van der Waals surface area contributed by atoms with Crippen molar-refractivity contribution in [1.29, 1.82) is 0 Å². The highest BCUT2D eigenvalue weighted by molar-refractivity contribution is 14.0. The van der Waals surface area contributed by atoms with Crippen LogP contribution < -0.4 is 10.6 Å². The molecule has 8 nitrogen and oxygen atoms in total. The maximum Gasteiger partial charge on any atom is 0.191 e. The number of hydrogen-bond acceptors (Lipinski definition) is 5.